The number of carbonyl (C=O) groups is 3. The zero-order chi connectivity index (χ0) is 23.9. The van der Waals surface area contributed by atoms with E-state index in [0.29, 0.717) is 24.8 Å². The maximum absolute atomic E-state index is 11.8. The number of hydrogen-bond donors (Lipinski definition) is 4. The van der Waals surface area contributed by atoms with Gasteiger partial charge in [0.15, 0.2) is 0 Å². The van der Waals surface area contributed by atoms with Crippen molar-refractivity contribution in [3.05, 3.63) is 59.7 Å². The summed E-state index contributed by atoms with van der Waals surface area (Å²) in [5, 5.41) is 10.0. The van der Waals surface area contributed by atoms with E-state index < -0.39 is 16.1 Å². The zero-order valence-electron chi connectivity index (χ0n) is 17.5. The van der Waals surface area contributed by atoms with Crippen molar-refractivity contribution in [1.82, 2.24) is 4.72 Å². The van der Waals surface area contributed by atoms with Gasteiger partial charge >= 0.3 is 10.2 Å². The van der Waals surface area contributed by atoms with E-state index in [9.17, 15) is 27.9 Å². The summed E-state index contributed by atoms with van der Waals surface area (Å²) in [5.41, 5.74) is 11.6. The van der Waals surface area contributed by atoms with Gasteiger partial charge in [-0.15, -0.1) is 0 Å². The van der Waals surface area contributed by atoms with E-state index in [1.165, 1.54) is 12.1 Å². The van der Waals surface area contributed by atoms with Crippen LogP contribution in [0.4, 0.5) is 5.69 Å². The molecular formula is C21H26N4O6S. The van der Waals surface area contributed by atoms with E-state index in [4.69, 9.17) is 11.5 Å². The highest BCUT2D eigenvalue weighted by atomic mass is 32.2. The molecule has 1 atom stereocenters. The highest BCUT2D eigenvalue weighted by Gasteiger charge is 2.35. The lowest BCUT2D eigenvalue weighted by molar-refractivity contribution is -0.121. The zero-order valence-corrected chi connectivity index (χ0v) is 18.3. The number of amides is 3. The average molecular weight is 463 g/mol. The minimum absolute atomic E-state index is 0.0533. The number of carbonyl (C=O) groups excluding carboxylic acids is 3. The second-order valence-corrected chi connectivity index (χ2v) is 8.88. The van der Waals surface area contributed by atoms with Crippen molar-refractivity contribution in [1.29, 1.82) is 0 Å². The van der Waals surface area contributed by atoms with Gasteiger partial charge in [-0.2, -0.15) is 8.42 Å². The summed E-state index contributed by atoms with van der Waals surface area (Å²) in [6.45, 7) is 1.40. The molecule has 6 N–H and O–H groups in total. The van der Waals surface area contributed by atoms with Gasteiger partial charge in [0.1, 0.15) is 12.3 Å². The lowest BCUT2D eigenvalue weighted by Crippen LogP contribution is -2.29. The number of phenolic OH excluding ortho intramolecular Hbond substituents is 1. The van der Waals surface area contributed by atoms with Crippen LogP contribution in [0.25, 0.3) is 0 Å². The first-order chi connectivity index (χ1) is 15.0. The van der Waals surface area contributed by atoms with Crippen LogP contribution in [0, 0.1) is 5.92 Å². The lowest BCUT2D eigenvalue weighted by Gasteiger charge is -2.16. The van der Waals surface area contributed by atoms with Crippen molar-refractivity contribution in [2.45, 2.75) is 26.2 Å². The molecule has 1 aliphatic heterocycles. The smallest absolute Gasteiger partial charge is 0.326 e. The summed E-state index contributed by atoms with van der Waals surface area (Å²) >= 11 is 0. The van der Waals surface area contributed by atoms with Gasteiger partial charge in [-0.3, -0.25) is 14.4 Å². The van der Waals surface area contributed by atoms with Crippen LogP contribution in [-0.2, 0) is 26.2 Å². The maximum atomic E-state index is 11.8. The lowest BCUT2D eigenvalue weighted by atomic mass is 10.0. The van der Waals surface area contributed by atoms with Gasteiger partial charge in [-0.05, 0) is 49.1 Å². The number of benzene rings is 2. The van der Waals surface area contributed by atoms with Gasteiger partial charge in [0, 0.05) is 11.5 Å². The van der Waals surface area contributed by atoms with E-state index in [0.717, 1.165) is 9.87 Å². The molecular weight excluding hydrogens is 436 g/mol. The van der Waals surface area contributed by atoms with E-state index in [-0.39, 0.29) is 35.7 Å². The minimum Gasteiger partial charge on any atom is -0.506 e. The molecule has 2 aromatic rings. The van der Waals surface area contributed by atoms with E-state index >= 15 is 0 Å². The fraction of sp³-hybridized carbons (Fsp3) is 0.286. The fourth-order valence-corrected chi connectivity index (χ4v) is 4.12. The number of nitrogens with zero attached hydrogens (tertiary/aromatic N) is 1. The third-order valence-corrected chi connectivity index (χ3v) is 6.17. The van der Waals surface area contributed by atoms with Gasteiger partial charge < -0.3 is 16.6 Å². The number of nitrogens with two attached hydrogens (primary N) is 2. The highest BCUT2D eigenvalue weighted by Crippen LogP contribution is 2.31. The third-order valence-electron chi connectivity index (χ3n) is 4.78. The van der Waals surface area contributed by atoms with Crippen molar-refractivity contribution in [3.8, 4) is 5.75 Å². The van der Waals surface area contributed by atoms with Crippen LogP contribution in [-0.4, -0.2) is 37.8 Å². The molecule has 1 unspecified atom stereocenters. The number of nitrogens with one attached hydrogen (secondary N) is 1. The van der Waals surface area contributed by atoms with Crippen molar-refractivity contribution in [2.75, 3.05) is 10.8 Å². The minimum atomic E-state index is -3.94. The first kappa shape index (κ1) is 24.7. The molecule has 0 saturated carbocycles. The monoisotopic (exact) mass is 462 g/mol. The summed E-state index contributed by atoms with van der Waals surface area (Å²) < 4.78 is 26.2. The van der Waals surface area contributed by atoms with Crippen LogP contribution >= 0.6 is 0 Å². The Morgan fingerprint density at radius 2 is 1.81 bits per heavy atom. The number of hydrogen-bond acceptors (Lipinski definition) is 6. The van der Waals surface area contributed by atoms with Crippen LogP contribution in [0.15, 0.2) is 48.5 Å². The van der Waals surface area contributed by atoms with Gasteiger partial charge in [-0.1, -0.05) is 31.2 Å². The standard InChI is InChI=1S/C14H19N3O5S.C7H7NO/c1-9(14(15)20)3-2-4-10-5-6-11(12(18)7-10)17-8-13(19)16-23(17,21)22;8-7(9)6-4-2-1-3-5-6/h5-7,9,18H,2-4,8H2,1H3,(H2,15,20)(H,16,19);1-5H,(H2,8,9). The fourth-order valence-electron chi connectivity index (χ4n) is 2.95. The van der Waals surface area contributed by atoms with Crippen LogP contribution in [0.3, 0.4) is 0 Å². The van der Waals surface area contributed by atoms with Crippen LogP contribution in [0.2, 0.25) is 0 Å². The molecule has 3 rings (SSSR count). The van der Waals surface area contributed by atoms with Crippen molar-refractivity contribution >= 4 is 33.6 Å². The maximum Gasteiger partial charge on any atom is 0.326 e. The second-order valence-electron chi connectivity index (χ2n) is 7.29. The Balaban J connectivity index is 0.000000336. The van der Waals surface area contributed by atoms with E-state index in [2.05, 4.69) is 0 Å². The molecule has 32 heavy (non-hydrogen) atoms. The van der Waals surface area contributed by atoms with E-state index in [1.54, 1.807) is 37.3 Å². The average Bonchev–Trinajstić information content (AvgIpc) is 3.00. The summed E-state index contributed by atoms with van der Waals surface area (Å²) in [5.74, 6) is -1.80. The predicted octanol–water partition coefficient (Wildman–Crippen LogP) is 0.803. The quantitative estimate of drug-likeness (QED) is 0.474. The molecule has 172 valence electrons. The predicted molar refractivity (Wildman–Crippen MR) is 119 cm³/mol. The van der Waals surface area contributed by atoms with Crippen LogP contribution in [0.5, 0.6) is 5.75 Å². The van der Waals surface area contributed by atoms with Gasteiger partial charge in [0.25, 0.3) is 5.91 Å². The summed E-state index contributed by atoms with van der Waals surface area (Å²) in [6.07, 6.45) is 1.97. The van der Waals surface area contributed by atoms with E-state index in [1.807, 2.05) is 10.8 Å². The summed E-state index contributed by atoms with van der Waals surface area (Å²) in [7, 11) is -3.94. The number of rotatable bonds is 7. The molecule has 0 aromatic heterocycles. The van der Waals surface area contributed by atoms with Crippen molar-refractivity contribution < 1.29 is 27.9 Å². The largest absolute Gasteiger partial charge is 0.506 e. The second kappa shape index (κ2) is 10.6. The molecule has 0 radical (unpaired) electrons. The molecule has 1 aliphatic rings. The van der Waals surface area contributed by atoms with Gasteiger partial charge in [0.05, 0.1) is 5.69 Å². The highest BCUT2D eigenvalue weighted by molar-refractivity contribution is 7.92. The molecule has 1 saturated heterocycles. The first-order valence-electron chi connectivity index (χ1n) is 9.80. The Labute approximate surface area is 186 Å². The Hall–Kier alpha value is -3.60. The Morgan fingerprint density at radius 3 is 2.28 bits per heavy atom. The number of anilines is 1. The number of primary amides is 2. The molecule has 0 spiro atoms. The third kappa shape index (κ3) is 6.71. The first-order valence-corrected chi connectivity index (χ1v) is 11.2. The normalized spacial score (nSPS) is 15.3. The molecule has 2 aromatic carbocycles. The Kier molecular flexibility index (Phi) is 8.19. The van der Waals surface area contributed by atoms with Crippen LogP contribution < -0.4 is 20.5 Å². The molecule has 10 nitrogen and oxygen atoms in total. The molecule has 11 heteroatoms. The molecule has 0 bridgehead atoms. The SMILES string of the molecule is CC(CCCc1ccc(N2CC(=O)NS2(=O)=O)c(O)c1)C(N)=O.NC(=O)c1ccccc1. The van der Waals surface area contributed by atoms with Gasteiger partial charge in [0.2, 0.25) is 11.8 Å². The van der Waals surface area contributed by atoms with Crippen LogP contribution in [0.1, 0.15) is 35.7 Å². The topological polar surface area (TPSA) is 173 Å². The molecule has 0 aliphatic carbocycles. The molecule has 1 fully saturated rings. The summed E-state index contributed by atoms with van der Waals surface area (Å²) in [6, 6.07) is 13.4. The van der Waals surface area contributed by atoms with Crippen molar-refractivity contribution in [2.24, 2.45) is 17.4 Å². The number of aromatic hydroxyl groups is 1. The van der Waals surface area contributed by atoms with Crippen molar-refractivity contribution in [3.63, 3.8) is 0 Å². The summed E-state index contributed by atoms with van der Waals surface area (Å²) in [4.78, 5) is 32.6. The number of aryl methyl sites for hydroxylation is 1. The Morgan fingerprint density at radius 1 is 1.16 bits per heavy atom. The number of phenols is 1. The molecule has 1 heterocycles. The van der Waals surface area contributed by atoms with Gasteiger partial charge in [-0.25, -0.2) is 9.03 Å². The Bertz CT molecular complexity index is 1090. The molecule has 3 amide bonds.